The van der Waals surface area contributed by atoms with Gasteiger partial charge in [-0.05, 0) is 41.5 Å². The molecule has 38 heavy (non-hydrogen) atoms. The summed E-state index contributed by atoms with van der Waals surface area (Å²) >= 11 is 0.958. The highest BCUT2D eigenvalue weighted by Gasteiger charge is 2.44. The van der Waals surface area contributed by atoms with Crippen molar-refractivity contribution in [1.82, 2.24) is 20.5 Å². The second-order valence-corrected chi connectivity index (χ2v) is 11.0. The number of carboxylic acid groups (broad SMARTS) is 1. The van der Waals surface area contributed by atoms with E-state index in [2.05, 4.69) is 26.1 Å². The van der Waals surface area contributed by atoms with Crippen molar-refractivity contribution in [1.29, 1.82) is 0 Å². The molecule has 1 aromatic rings. The van der Waals surface area contributed by atoms with Crippen molar-refractivity contribution in [3.63, 3.8) is 0 Å². The number of amides is 4. The fourth-order valence-corrected chi connectivity index (χ4v) is 3.94. The van der Waals surface area contributed by atoms with Gasteiger partial charge in [-0.15, -0.1) is 11.3 Å². The van der Waals surface area contributed by atoms with E-state index in [0.717, 1.165) is 11.3 Å². The van der Waals surface area contributed by atoms with Crippen LogP contribution in [0, 0.1) is 0 Å². The molecular formula is C22H30N6O9S. The quantitative estimate of drug-likeness (QED) is 0.193. The number of oxime groups is 1. The molecule has 4 amide bonds. The first-order valence-corrected chi connectivity index (χ1v) is 12.5. The summed E-state index contributed by atoms with van der Waals surface area (Å²) in [4.78, 5) is 71.5. The van der Waals surface area contributed by atoms with Crippen LogP contribution in [0.1, 0.15) is 47.2 Å². The number of hydrogen-bond donors (Lipinski definition) is 4. The Morgan fingerprint density at radius 1 is 1.29 bits per heavy atom. The molecule has 0 aromatic carbocycles. The van der Waals surface area contributed by atoms with Gasteiger partial charge in [0.2, 0.25) is 11.5 Å². The molecule has 4 N–H and O–H groups in total. The van der Waals surface area contributed by atoms with E-state index in [1.54, 1.807) is 27.7 Å². The third-order valence-corrected chi connectivity index (χ3v) is 5.96. The number of aromatic nitrogens is 1. The minimum Gasteiger partial charge on any atom is -0.478 e. The molecule has 2 fully saturated rings. The lowest BCUT2D eigenvalue weighted by Crippen LogP contribution is -2.72. The molecule has 2 aliphatic heterocycles. The van der Waals surface area contributed by atoms with Crippen LogP contribution in [0.25, 0.3) is 0 Å². The zero-order valence-corrected chi connectivity index (χ0v) is 22.5. The molecule has 15 nitrogen and oxygen atoms in total. The Morgan fingerprint density at radius 2 is 1.97 bits per heavy atom. The van der Waals surface area contributed by atoms with E-state index >= 15 is 0 Å². The van der Waals surface area contributed by atoms with Gasteiger partial charge < -0.3 is 35.0 Å². The van der Waals surface area contributed by atoms with Gasteiger partial charge in [0.1, 0.15) is 23.4 Å². The molecule has 3 heterocycles. The molecule has 3 atom stereocenters. The second kappa shape index (κ2) is 10.8. The molecule has 0 saturated carbocycles. The molecule has 2 unspecified atom stereocenters. The predicted molar refractivity (Wildman–Crippen MR) is 133 cm³/mol. The van der Waals surface area contributed by atoms with Crippen molar-refractivity contribution in [3.05, 3.63) is 11.1 Å². The van der Waals surface area contributed by atoms with Crippen LogP contribution in [0.5, 0.6) is 0 Å². The van der Waals surface area contributed by atoms with Crippen molar-refractivity contribution in [2.24, 2.45) is 5.16 Å². The Kier molecular flexibility index (Phi) is 8.14. The maximum absolute atomic E-state index is 13.2. The molecular weight excluding hydrogens is 524 g/mol. The minimum absolute atomic E-state index is 0.0482. The number of nitrogens with zero attached hydrogens (tertiary/aromatic N) is 3. The molecule has 0 spiro atoms. The summed E-state index contributed by atoms with van der Waals surface area (Å²) in [5.41, 5.74) is -3.02. The average molecular weight is 555 g/mol. The van der Waals surface area contributed by atoms with E-state index in [-0.39, 0.29) is 23.5 Å². The highest BCUT2D eigenvalue weighted by molar-refractivity contribution is 7.14. The number of carboxylic acids is 1. The third-order valence-electron chi connectivity index (χ3n) is 5.20. The number of thiazole rings is 1. The van der Waals surface area contributed by atoms with E-state index in [4.69, 9.17) is 14.3 Å². The fraction of sp³-hybridized carbons (Fsp3) is 0.591. The van der Waals surface area contributed by atoms with Crippen LogP contribution in [0.4, 0.5) is 14.7 Å². The van der Waals surface area contributed by atoms with Gasteiger partial charge in [0.05, 0.1) is 12.6 Å². The molecule has 0 bridgehead atoms. The Morgan fingerprint density at radius 3 is 2.53 bits per heavy atom. The standard InChI is InChI=1S/C22H30N6O9S/c1-10-7-28(20(34)35-10)8-11-13(15(29)23-11)25-16(30)14(27-37-22(5,6)17(31)32)12-9-38-18(24-12)26-19(33)36-21(2,3)4/h9-11,13H,7-8H2,1-6H3,(H,23,29)(H,25,30)(H,31,32)(H,24,26,33)/b27-14-/t10?,11-,13?/m0/s1. The topological polar surface area (TPSA) is 198 Å². The van der Waals surface area contributed by atoms with Crippen LogP contribution in [0.15, 0.2) is 10.5 Å². The zero-order chi connectivity index (χ0) is 28.4. The number of nitrogens with one attached hydrogen (secondary N) is 3. The smallest absolute Gasteiger partial charge is 0.413 e. The summed E-state index contributed by atoms with van der Waals surface area (Å²) in [5, 5.41) is 22.1. The third kappa shape index (κ3) is 7.08. The SMILES string of the molecule is CC1CN(C[C@@H]2NC(=O)C2NC(=O)/C(=N\OC(C)(C)C(=O)O)c2csc(NC(=O)OC(C)(C)C)n2)C(=O)O1. The van der Waals surface area contributed by atoms with E-state index in [1.165, 1.54) is 24.1 Å². The molecule has 208 valence electrons. The molecule has 2 aliphatic rings. The van der Waals surface area contributed by atoms with Crippen LogP contribution in [0.3, 0.4) is 0 Å². The van der Waals surface area contributed by atoms with Gasteiger partial charge in [-0.2, -0.15) is 0 Å². The molecule has 1 aromatic heterocycles. The Bertz CT molecular complexity index is 1160. The van der Waals surface area contributed by atoms with Gasteiger partial charge in [0.25, 0.3) is 5.91 Å². The predicted octanol–water partition coefficient (Wildman–Crippen LogP) is 0.898. The fourth-order valence-electron chi connectivity index (χ4n) is 3.26. The van der Waals surface area contributed by atoms with Gasteiger partial charge in [-0.25, -0.2) is 19.4 Å². The van der Waals surface area contributed by atoms with E-state index < -0.39 is 59.0 Å². The van der Waals surface area contributed by atoms with Gasteiger partial charge in [-0.1, -0.05) is 5.16 Å². The van der Waals surface area contributed by atoms with Crippen LogP contribution in [0.2, 0.25) is 0 Å². The van der Waals surface area contributed by atoms with Gasteiger partial charge in [-0.3, -0.25) is 14.9 Å². The lowest BCUT2D eigenvalue weighted by atomic mass is 9.98. The largest absolute Gasteiger partial charge is 0.478 e. The van der Waals surface area contributed by atoms with Crippen LogP contribution >= 0.6 is 11.3 Å². The Hall–Kier alpha value is -3.95. The monoisotopic (exact) mass is 554 g/mol. The first kappa shape index (κ1) is 28.6. The minimum atomic E-state index is -1.79. The van der Waals surface area contributed by atoms with Crippen molar-refractivity contribution >= 4 is 52.2 Å². The van der Waals surface area contributed by atoms with Crippen molar-refractivity contribution < 1.29 is 43.4 Å². The Labute approximate surface area is 221 Å². The van der Waals surface area contributed by atoms with E-state index in [9.17, 15) is 29.1 Å². The summed E-state index contributed by atoms with van der Waals surface area (Å²) in [5.74, 6) is -2.71. The lowest BCUT2D eigenvalue weighted by Gasteiger charge is -2.38. The summed E-state index contributed by atoms with van der Waals surface area (Å²) in [6, 6.07) is -1.61. The summed E-state index contributed by atoms with van der Waals surface area (Å²) in [7, 11) is 0. The zero-order valence-electron chi connectivity index (χ0n) is 21.7. The number of β-lactam (4-membered cyclic amide) rings is 1. The number of hydrogen-bond acceptors (Lipinski definition) is 11. The number of carbonyl (C=O) groups excluding carboxylic acids is 4. The van der Waals surface area contributed by atoms with Gasteiger partial charge in [0, 0.05) is 11.9 Å². The normalized spacial score (nSPS) is 21.7. The number of anilines is 1. The Balaban J connectivity index is 1.78. The van der Waals surface area contributed by atoms with Crippen molar-refractivity contribution in [3.8, 4) is 0 Å². The highest BCUT2D eigenvalue weighted by Crippen LogP contribution is 2.20. The molecule has 16 heteroatoms. The highest BCUT2D eigenvalue weighted by atomic mass is 32.1. The number of cyclic esters (lactones) is 1. The first-order chi connectivity index (χ1) is 17.6. The summed E-state index contributed by atoms with van der Waals surface area (Å²) < 4.78 is 10.3. The maximum atomic E-state index is 13.2. The van der Waals surface area contributed by atoms with E-state index in [0.29, 0.717) is 6.54 Å². The summed E-state index contributed by atoms with van der Waals surface area (Å²) in [6.45, 7) is 9.71. The maximum Gasteiger partial charge on any atom is 0.413 e. The molecule has 0 aliphatic carbocycles. The van der Waals surface area contributed by atoms with E-state index in [1.807, 2.05) is 0 Å². The van der Waals surface area contributed by atoms with Gasteiger partial charge in [0.15, 0.2) is 10.8 Å². The lowest BCUT2D eigenvalue weighted by molar-refractivity contribution is -0.161. The van der Waals surface area contributed by atoms with Gasteiger partial charge >= 0.3 is 18.2 Å². The number of aliphatic carboxylic acids is 1. The van der Waals surface area contributed by atoms with Crippen LogP contribution < -0.4 is 16.0 Å². The molecule has 0 radical (unpaired) electrons. The van der Waals surface area contributed by atoms with Crippen LogP contribution in [-0.4, -0.2) is 93.2 Å². The number of rotatable bonds is 9. The average Bonchev–Trinajstić information content (AvgIpc) is 3.35. The molecule has 2 saturated heterocycles. The van der Waals surface area contributed by atoms with Crippen LogP contribution in [-0.2, 0) is 28.7 Å². The second-order valence-electron chi connectivity index (χ2n) is 10.2. The summed E-state index contributed by atoms with van der Waals surface area (Å²) in [6.07, 6.45) is -1.59. The first-order valence-electron chi connectivity index (χ1n) is 11.6. The number of ether oxygens (including phenoxy) is 2. The molecule has 3 rings (SSSR count). The van der Waals surface area contributed by atoms with Crippen molar-refractivity contribution in [2.45, 2.75) is 70.9 Å². The van der Waals surface area contributed by atoms with Crippen molar-refractivity contribution in [2.75, 3.05) is 18.4 Å². The number of carbonyl (C=O) groups is 5.